The fourth-order valence-corrected chi connectivity index (χ4v) is 2.72. The van der Waals surface area contributed by atoms with Gasteiger partial charge in [0.05, 0.1) is 17.2 Å². The van der Waals surface area contributed by atoms with Crippen LogP contribution in [0.5, 0.6) is 0 Å². The minimum atomic E-state index is 0.110. The van der Waals surface area contributed by atoms with E-state index in [0.29, 0.717) is 5.92 Å². The predicted octanol–water partition coefficient (Wildman–Crippen LogP) is 3.39. The molecule has 98 valence electrons. The zero-order valence-corrected chi connectivity index (χ0v) is 12.2. The van der Waals surface area contributed by atoms with Gasteiger partial charge in [-0.25, -0.2) is 4.98 Å². The monoisotopic (exact) mass is 256 g/mol. The minimum Gasteiger partial charge on any atom is -0.391 e. The van der Waals surface area contributed by atoms with Crippen molar-refractivity contribution in [2.75, 3.05) is 18.5 Å². The SMILES string of the molecule is CCCCN(C)c1nc(C(C)CC)c(CO)s1. The quantitative estimate of drug-likeness (QED) is 0.812. The maximum atomic E-state index is 9.39. The van der Waals surface area contributed by atoms with Crippen LogP contribution in [0.15, 0.2) is 0 Å². The molecule has 1 aromatic heterocycles. The maximum absolute atomic E-state index is 9.39. The maximum Gasteiger partial charge on any atom is 0.185 e. The van der Waals surface area contributed by atoms with Crippen molar-refractivity contribution in [3.05, 3.63) is 10.6 Å². The van der Waals surface area contributed by atoms with Crippen LogP contribution in [0.3, 0.4) is 0 Å². The number of hydrogen-bond acceptors (Lipinski definition) is 4. The Balaban J connectivity index is 2.84. The molecule has 0 aliphatic heterocycles. The zero-order chi connectivity index (χ0) is 12.8. The van der Waals surface area contributed by atoms with Crippen LogP contribution in [0.1, 0.15) is 56.5 Å². The van der Waals surface area contributed by atoms with E-state index in [1.54, 1.807) is 11.3 Å². The highest BCUT2D eigenvalue weighted by Gasteiger charge is 2.17. The largest absolute Gasteiger partial charge is 0.391 e. The molecular formula is C13H24N2OS. The summed E-state index contributed by atoms with van der Waals surface area (Å²) in [7, 11) is 2.08. The first-order valence-electron chi connectivity index (χ1n) is 6.45. The molecule has 0 aliphatic rings. The summed E-state index contributed by atoms with van der Waals surface area (Å²) in [6.07, 6.45) is 3.44. The number of hydrogen-bond donors (Lipinski definition) is 1. The lowest BCUT2D eigenvalue weighted by atomic mass is 10.0. The van der Waals surface area contributed by atoms with E-state index in [2.05, 4.69) is 37.7 Å². The number of aliphatic hydroxyl groups is 1. The summed E-state index contributed by atoms with van der Waals surface area (Å²) in [4.78, 5) is 7.91. The summed E-state index contributed by atoms with van der Waals surface area (Å²) in [5.74, 6) is 0.432. The van der Waals surface area contributed by atoms with Crippen molar-refractivity contribution >= 4 is 16.5 Å². The van der Waals surface area contributed by atoms with Gasteiger partial charge in [-0.3, -0.25) is 0 Å². The van der Waals surface area contributed by atoms with Gasteiger partial charge in [0, 0.05) is 13.6 Å². The van der Waals surface area contributed by atoms with Crippen LogP contribution in [0.25, 0.3) is 0 Å². The summed E-state index contributed by atoms with van der Waals surface area (Å²) < 4.78 is 0. The van der Waals surface area contributed by atoms with Crippen LogP contribution in [-0.4, -0.2) is 23.7 Å². The average molecular weight is 256 g/mol. The first kappa shape index (κ1) is 14.5. The van der Waals surface area contributed by atoms with Crippen LogP contribution < -0.4 is 4.90 Å². The molecule has 1 rings (SSSR count). The summed E-state index contributed by atoms with van der Waals surface area (Å²) in [6, 6.07) is 0. The van der Waals surface area contributed by atoms with E-state index in [9.17, 15) is 5.11 Å². The fourth-order valence-electron chi connectivity index (χ4n) is 1.70. The molecule has 1 aromatic rings. The highest BCUT2D eigenvalue weighted by Crippen LogP contribution is 2.31. The normalized spacial score (nSPS) is 12.8. The lowest BCUT2D eigenvalue weighted by Gasteiger charge is -2.14. The van der Waals surface area contributed by atoms with Crippen molar-refractivity contribution < 1.29 is 5.11 Å². The second kappa shape index (κ2) is 6.97. The Labute approximate surface area is 108 Å². The number of anilines is 1. The Hall–Kier alpha value is -0.610. The number of unbranched alkanes of at least 4 members (excludes halogenated alkanes) is 1. The molecule has 0 bridgehead atoms. The molecule has 0 amide bonds. The first-order valence-corrected chi connectivity index (χ1v) is 7.27. The van der Waals surface area contributed by atoms with Gasteiger partial charge in [-0.15, -0.1) is 0 Å². The lowest BCUT2D eigenvalue weighted by molar-refractivity contribution is 0.283. The summed E-state index contributed by atoms with van der Waals surface area (Å²) in [5, 5.41) is 10.4. The Bertz CT molecular complexity index is 338. The Kier molecular flexibility index (Phi) is 5.92. The van der Waals surface area contributed by atoms with Gasteiger partial charge in [-0.2, -0.15) is 0 Å². The Morgan fingerprint density at radius 3 is 2.65 bits per heavy atom. The third-order valence-corrected chi connectivity index (χ3v) is 4.28. The van der Waals surface area contributed by atoms with E-state index in [1.165, 1.54) is 12.8 Å². The van der Waals surface area contributed by atoms with Crippen molar-refractivity contribution in [1.82, 2.24) is 4.98 Å². The Morgan fingerprint density at radius 2 is 2.12 bits per heavy atom. The zero-order valence-electron chi connectivity index (χ0n) is 11.4. The predicted molar refractivity (Wildman–Crippen MR) is 74.9 cm³/mol. The molecule has 1 heterocycles. The molecular weight excluding hydrogens is 232 g/mol. The van der Waals surface area contributed by atoms with Crippen molar-refractivity contribution in [2.45, 2.75) is 52.6 Å². The van der Waals surface area contributed by atoms with Gasteiger partial charge in [0.2, 0.25) is 0 Å². The molecule has 0 radical (unpaired) electrons. The number of rotatable bonds is 7. The number of aliphatic hydroxyl groups excluding tert-OH is 1. The topological polar surface area (TPSA) is 36.4 Å². The molecule has 3 nitrogen and oxygen atoms in total. The lowest BCUT2D eigenvalue weighted by Crippen LogP contribution is -2.18. The van der Waals surface area contributed by atoms with E-state index in [1.807, 2.05) is 0 Å². The van der Waals surface area contributed by atoms with Crippen molar-refractivity contribution in [2.24, 2.45) is 0 Å². The van der Waals surface area contributed by atoms with E-state index < -0.39 is 0 Å². The molecule has 0 aromatic carbocycles. The van der Waals surface area contributed by atoms with Gasteiger partial charge in [-0.1, -0.05) is 38.5 Å². The smallest absolute Gasteiger partial charge is 0.185 e. The molecule has 17 heavy (non-hydrogen) atoms. The highest BCUT2D eigenvalue weighted by molar-refractivity contribution is 7.15. The second-order valence-corrected chi connectivity index (χ2v) is 5.61. The minimum absolute atomic E-state index is 0.110. The molecule has 0 aliphatic carbocycles. The van der Waals surface area contributed by atoms with Gasteiger partial charge in [0.15, 0.2) is 5.13 Å². The van der Waals surface area contributed by atoms with Crippen LogP contribution in [0.4, 0.5) is 5.13 Å². The van der Waals surface area contributed by atoms with Crippen molar-refractivity contribution in [3.63, 3.8) is 0 Å². The summed E-state index contributed by atoms with van der Waals surface area (Å²) >= 11 is 1.63. The molecule has 4 heteroatoms. The van der Waals surface area contributed by atoms with E-state index in [4.69, 9.17) is 0 Å². The first-order chi connectivity index (χ1) is 8.13. The van der Waals surface area contributed by atoms with Crippen LogP contribution in [0, 0.1) is 0 Å². The van der Waals surface area contributed by atoms with Gasteiger partial charge >= 0.3 is 0 Å². The van der Waals surface area contributed by atoms with Gasteiger partial charge < -0.3 is 10.0 Å². The van der Waals surface area contributed by atoms with Crippen molar-refractivity contribution in [3.8, 4) is 0 Å². The number of thiazole rings is 1. The second-order valence-electron chi connectivity index (χ2n) is 4.55. The Morgan fingerprint density at radius 1 is 1.41 bits per heavy atom. The molecule has 1 atom stereocenters. The standard InChI is InChI=1S/C13H24N2OS/c1-5-7-8-15(4)13-14-12(10(3)6-2)11(9-16)17-13/h10,16H,5-9H2,1-4H3. The third kappa shape index (κ3) is 3.68. The third-order valence-electron chi connectivity index (χ3n) is 3.11. The molecule has 1 unspecified atom stereocenters. The van der Waals surface area contributed by atoms with Gasteiger partial charge in [-0.05, 0) is 18.8 Å². The van der Waals surface area contributed by atoms with Crippen LogP contribution >= 0.6 is 11.3 Å². The fraction of sp³-hybridized carbons (Fsp3) is 0.769. The molecule has 0 spiro atoms. The number of aromatic nitrogens is 1. The van der Waals surface area contributed by atoms with Gasteiger partial charge in [0.1, 0.15) is 0 Å². The van der Waals surface area contributed by atoms with E-state index >= 15 is 0 Å². The highest BCUT2D eigenvalue weighted by atomic mass is 32.1. The molecule has 0 saturated heterocycles. The molecule has 0 saturated carbocycles. The average Bonchev–Trinajstić information content (AvgIpc) is 2.79. The summed E-state index contributed by atoms with van der Waals surface area (Å²) in [6.45, 7) is 7.67. The summed E-state index contributed by atoms with van der Waals surface area (Å²) in [5.41, 5.74) is 1.08. The van der Waals surface area contributed by atoms with Crippen LogP contribution in [-0.2, 0) is 6.61 Å². The van der Waals surface area contributed by atoms with E-state index in [-0.39, 0.29) is 6.61 Å². The van der Waals surface area contributed by atoms with E-state index in [0.717, 1.165) is 28.7 Å². The molecule has 0 fully saturated rings. The number of nitrogens with zero attached hydrogens (tertiary/aromatic N) is 2. The van der Waals surface area contributed by atoms with Gasteiger partial charge in [0.25, 0.3) is 0 Å². The molecule has 1 N–H and O–H groups in total. The van der Waals surface area contributed by atoms with Crippen molar-refractivity contribution in [1.29, 1.82) is 0 Å². The van der Waals surface area contributed by atoms with Crippen LogP contribution in [0.2, 0.25) is 0 Å².